The minimum absolute atomic E-state index is 0.0716. The predicted octanol–water partition coefficient (Wildman–Crippen LogP) is 1.28. The third kappa shape index (κ3) is 2.99. The number of carbonyl (C=O) groups excluding carboxylic acids is 1. The van der Waals surface area contributed by atoms with Crippen molar-refractivity contribution >= 4 is 17.2 Å². The van der Waals surface area contributed by atoms with E-state index < -0.39 is 0 Å². The van der Waals surface area contributed by atoms with Gasteiger partial charge in [-0.15, -0.1) is 11.3 Å². The molecule has 1 amide bonds. The number of aryl methyl sites for hydroxylation is 1. The largest absolute Gasteiger partial charge is 0.394 e. The highest BCUT2D eigenvalue weighted by molar-refractivity contribution is 7.09. The molecule has 2 N–H and O–H groups in total. The molecule has 0 radical (unpaired) electrons. The van der Waals surface area contributed by atoms with E-state index in [0.717, 1.165) is 16.3 Å². The number of aliphatic hydroxyl groups is 1. The normalized spacial score (nSPS) is 19.0. The molecule has 1 aliphatic rings. The quantitative estimate of drug-likeness (QED) is 0.895. The number of morpholine rings is 1. The molecule has 3 rings (SSSR count). The monoisotopic (exact) mass is 307 g/mol. The molecule has 7 heteroatoms. The highest BCUT2D eigenvalue weighted by atomic mass is 32.1. The average Bonchev–Trinajstić information content (AvgIpc) is 3.15. The molecule has 1 fully saturated rings. The minimum atomic E-state index is -0.293. The van der Waals surface area contributed by atoms with Crippen LogP contribution in [0.4, 0.5) is 0 Å². The third-order valence-corrected chi connectivity index (χ3v) is 4.23. The van der Waals surface area contributed by atoms with Gasteiger partial charge in [-0.05, 0) is 13.0 Å². The van der Waals surface area contributed by atoms with Gasteiger partial charge in [-0.1, -0.05) is 0 Å². The van der Waals surface area contributed by atoms with Crippen LogP contribution < -0.4 is 0 Å². The molecule has 0 spiro atoms. The predicted molar refractivity (Wildman–Crippen MR) is 79.4 cm³/mol. The summed E-state index contributed by atoms with van der Waals surface area (Å²) in [4.78, 5) is 21.6. The summed E-state index contributed by atoms with van der Waals surface area (Å²) in [6, 6.07) is 1.82. The van der Waals surface area contributed by atoms with E-state index in [-0.39, 0.29) is 18.6 Å². The van der Waals surface area contributed by atoms with Crippen molar-refractivity contribution in [2.75, 3.05) is 26.3 Å². The van der Waals surface area contributed by atoms with Gasteiger partial charge in [-0.3, -0.25) is 4.79 Å². The van der Waals surface area contributed by atoms with Gasteiger partial charge in [0.15, 0.2) is 0 Å². The molecule has 1 atom stereocenters. The Hall–Kier alpha value is -1.70. The Labute approximate surface area is 126 Å². The van der Waals surface area contributed by atoms with Crippen LogP contribution in [-0.4, -0.2) is 58.3 Å². The number of thiazole rings is 1. The number of nitrogens with zero attached hydrogens (tertiary/aromatic N) is 2. The summed E-state index contributed by atoms with van der Waals surface area (Å²) in [5, 5.41) is 12.1. The van der Waals surface area contributed by atoms with Gasteiger partial charge < -0.3 is 19.7 Å². The van der Waals surface area contributed by atoms with Crippen LogP contribution in [0.15, 0.2) is 17.6 Å². The van der Waals surface area contributed by atoms with Crippen LogP contribution in [0.2, 0.25) is 0 Å². The standard InChI is InChI=1S/C14H17N3O3S/c1-9-16-13(8-21-9)10-4-12(15-5-10)14(19)17-2-3-20-11(6-17)7-18/h4-5,8,11,15,18H,2-3,6-7H2,1H3. The van der Waals surface area contributed by atoms with Crippen molar-refractivity contribution in [3.63, 3.8) is 0 Å². The fraction of sp³-hybridized carbons (Fsp3) is 0.429. The first-order chi connectivity index (χ1) is 10.2. The summed E-state index contributed by atoms with van der Waals surface area (Å²) < 4.78 is 5.36. The molecule has 1 unspecified atom stereocenters. The number of hydrogen-bond acceptors (Lipinski definition) is 5. The summed E-state index contributed by atoms with van der Waals surface area (Å²) in [5.74, 6) is -0.0741. The first kappa shape index (κ1) is 14.2. The Balaban J connectivity index is 1.75. The Morgan fingerprint density at radius 3 is 3.24 bits per heavy atom. The fourth-order valence-electron chi connectivity index (χ4n) is 2.35. The van der Waals surface area contributed by atoms with Crippen LogP contribution in [0.3, 0.4) is 0 Å². The molecule has 0 aromatic carbocycles. The Morgan fingerprint density at radius 1 is 1.67 bits per heavy atom. The summed E-state index contributed by atoms with van der Waals surface area (Å²) in [7, 11) is 0. The van der Waals surface area contributed by atoms with Gasteiger partial charge in [0.05, 0.1) is 30.0 Å². The van der Waals surface area contributed by atoms with E-state index in [0.29, 0.717) is 25.4 Å². The van der Waals surface area contributed by atoms with E-state index >= 15 is 0 Å². The second-order valence-electron chi connectivity index (χ2n) is 4.98. The van der Waals surface area contributed by atoms with Crippen LogP contribution in [0.25, 0.3) is 11.3 Å². The maximum Gasteiger partial charge on any atom is 0.270 e. The smallest absolute Gasteiger partial charge is 0.270 e. The highest BCUT2D eigenvalue weighted by Crippen LogP contribution is 2.23. The second kappa shape index (κ2) is 5.97. The molecular weight excluding hydrogens is 290 g/mol. The molecular formula is C14H17N3O3S. The lowest BCUT2D eigenvalue weighted by Gasteiger charge is -2.31. The van der Waals surface area contributed by atoms with E-state index in [1.807, 2.05) is 18.4 Å². The maximum absolute atomic E-state index is 12.5. The van der Waals surface area contributed by atoms with Gasteiger partial charge in [0.1, 0.15) is 5.69 Å². The van der Waals surface area contributed by atoms with E-state index in [9.17, 15) is 4.79 Å². The zero-order valence-electron chi connectivity index (χ0n) is 11.7. The lowest BCUT2D eigenvalue weighted by molar-refractivity contribution is -0.0448. The van der Waals surface area contributed by atoms with Gasteiger partial charge in [0.25, 0.3) is 5.91 Å². The lowest BCUT2D eigenvalue weighted by atomic mass is 10.2. The molecule has 2 aromatic heterocycles. The summed E-state index contributed by atoms with van der Waals surface area (Å²) >= 11 is 1.58. The number of H-pyrrole nitrogens is 1. The van der Waals surface area contributed by atoms with E-state index in [1.165, 1.54) is 0 Å². The first-order valence-electron chi connectivity index (χ1n) is 6.80. The number of carbonyl (C=O) groups is 1. The number of aromatic amines is 1. The first-order valence-corrected chi connectivity index (χ1v) is 7.68. The number of nitrogens with one attached hydrogen (secondary N) is 1. The van der Waals surface area contributed by atoms with Crippen molar-refractivity contribution in [1.82, 2.24) is 14.9 Å². The van der Waals surface area contributed by atoms with Crippen molar-refractivity contribution in [1.29, 1.82) is 0 Å². The van der Waals surface area contributed by atoms with E-state index in [4.69, 9.17) is 9.84 Å². The van der Waals surface area contributed by atoms with Crippen LogP contribution in [0.5, 0.6) is 0 Å². The number of rotatable bonds is 3. The van der Waals surface area contributed by atoms with E-state index in [1.54, 1.807) is 22.4 Å². The zero-order valence-corrected chi connectivity index (χ0v) is 12.5. The highest BCUT2D eigenvalue weighted by Gasteiger charge is 2.25. The van der Waals surface area contributed by atoms with E-state index in [2.05, 4.69) is 9.97 Å². The lowest BCUT2D eigenvalue weighted by Crippen LogP contribution is -2.47. The third-order valence-electron chi connectivity index (χ3n) is 3.46. The number of aromatic nitrogens is 2. The molecule has 2 aromatic rings. The fourth-order valence-corrected chi connectivity index (χ4v) is 2.97. The van der Waals surface area contributed by atoms with Gasteiger partial charge in [0.2, 0.25) is 0 Å². The molecule has 3 heterocycles. The topological polar surface area (TPSA) is 78.5 Å². The molecule has 0 saturated carbocycles. The summed E-state index contributed by atoms with van der Waals surface area (Å²) in [5.41, 5.74) is 2.33. The van der Waals surface area contributed by atoms with Crippen molar-refractivity contribution in [3.8, 4) is 11.3 Å². The number of amides is 1. The molecule has 0 aliphatic carbocycles. The van der Waals surface area contributed by atoms with Crippen LogP contribution in [0.1, 0.15) is 15.5 Å². The van der Waals surface area contributed by atoms with Gasteiger partial charge >= 0.3 is 0 Å². The van der Waals surface area contributed by atoms with Crippen LogP contribution in [-0.2, 0) is 4.74 Å². The molecule has 112 valence electrons. The Kier molecular flexibility index (Phi) is 4.05. The second-order valence-corrected chi connectivity index (χ2v) is 6.04. The zero-order chi connectivity index (χ0) is 14.8. The molecule has 1 saturated heterocycles. The number of aliphatic hydroxyl groups excluding tert-OH is 1. The molecule has 6 nitrogen and oxygen atoms in total. The van der Waals surface area contributed by atoms with Crippen molar-refractivity contribution in [2.24, 2.45) is 0 Å². The van der Waals surface area contributed by atoms with Gasteiger partial charge in [0, 0.05) is 30.2 Å². The summed E-state index contributed by atoms with van der Waals surface area (Å²) in [6.45, 7) is 3.29. The van der Waals surface area contributed by atoms with Crippen molar-refractivity contribution in [2.45, 2.75) is 13.0 Å². The van der Waals surface area contributed by atoms with Crippen molar-refractivity contribution < 1.29 is 14.6 Å². The summed E-state index contributed by atoms with van der Waals surface area (Å²) in [6.07, 6.45) is 1.50. The SMILES string of the molecule is Cc1nc(-c2c[nH]c(C(=O)N3CCOC(CO)C3)c2)cs1. The Morgan fingerprint density at radius 2 is 2.52 bits per heavy atom. The van der Waals surface area contributed by atoms with Gasteiger partial charge in [-0.2, -0.15) is 0 Å². The molecule has 1 aliphatic heterocycles. The Bertz CT molecular complexity index is 637. The number of ether oxygens (including phenoxy) is 1. The molecule has 21 heavy (non-hydrogen) atoms. The van der Waals surface area contributed by atoms with Crippen LogP contribution >= 0.6 is 11.3 Å². The molecule has 0 bridgehead atoms. The van der Waals surface area contributed by atoms with Crippen molar-refractivity contribution in [3.05, 3.63) is 28.3 Å². The number of hydrogen-bond donors (Lipinski definition) is 2. The van der Waals surface area contributed by atoms with Crippen LogP contribution in [0, 0.1) is 6.92 Å². The average molecular weight is 307 g/mol. The van der Waals surface area contributed by atoms with Gasteiger partial charge in [-0.25, -0.2) is 4.98 Å². The minimum Gasteiger partial charge on any atom is -0.394 e. The maximum atomic E-state index is 12.5.